The minimum absolute atomic E-state index is 0.0314. The Bertz CT molecular complexity index is 638. The number of carboxylic acids is 1. The summed E-state index contributed by atoms with van der Waals surface area (Å²) in [7, 11) is -3.74. The first-order chi connectivity index (χ1) is 8.89. The highest BCUT2D eigenvalue weighted by atomic mass is 32.2. The third-order valence-corrected chi connectivity index (χ3v) is 6.20. The lowest BCUT2D eigenvalue weighted by Crippen LogP contribution is -2.47. The molecule has 1 heterocycles. The summed E-state index contributed by atoms with van der Waals surface area (Å²) in [6.45, 7) is -0.107. The van der Waals surface area contributed by atoms with Crippen LogP contribution in [0, 0.1) is 16.7 Å². The Balaban J connectivity index is 2.10. The molecular weight excluding hydrogens is 288 g/mol. The highest BCUT2D eigenvalue weighted by Crippen LogP contribution is 2.40. The van der Waals surface area contributed by atoms with Gasteiger partial charge in [-0.25, -0.2) is 13.1 Å². The Morgan fingerprint density at radius 1 is 1.53 bits per heavy atom. The SMILES string of the molecule is N#Cc1ccc(S(=O)(=O)NCC2(C(=O)O)CCC2)s1. The van der Waals surface area contributed by atoms with Crippen molar-refractivity contribution in [3.63, 3.8) is 0 Å². The molecule has 0 aliphatic heterocycles. The summed E-state index contributed by atoms with van der Waals surface area (Å²) < 4.78 is 26.3. The van der Waals surface area contributed by atoms with Crippen molar-refractivity contribution in [2.75, 3.05) is 6.54 Å². The molecule has 0 bridgehead atoms. The number of hydrogen-bond donors (Lipinski definition) is 2. The zero-order valence-corrected chi connectivity index (χ0v) is 11.6. The Morgan fingerprint density at radius 2 is 2.21 bits per heavy atom. The molecule has 0 radical (unpaired) electrons. The monoisotopic (exact) mass is 300 g/mol. The van der Waals surface area contributed by atoms with Crippen LogP contribution in [-0.2, 0) is 14.8 Å². The number of nitriles is 1. The standard InChI is InChI=1S/C11H12N2O4S2/c12-6-8-2-3-9(18-8)19(16,17)13-7-11(10(14)15)4-1-5-11/h2-3,13H,1,4-5,7H2,(H,14,15). The molecule has 6 nitrogen and oxygen atoms in total. The van der Waals surface area contributed by atoms with Crippen LogP contribution in [0.3, 0.4) is 0 Å². The van der Waals surface area contributed by atoms with Gasteiger partial charge in [0.1, 0.15) is 15.2 Å². The van der Waals surface area contributed by atoms with Crippen LogP contribution in [0.4, 0.5) is 0 Å². The van der Waals surface area contributed by atoms with Crippen LogP contribution in [0.25, 0.3) is 0 Å². The molecule has 0 saturated heterocycles. The third-order valence-electron chi connectivity index (χ3n) is 3.32. The highest BCUT2D eigenvalue weighted by molar-refractivity contribution is 7.91. The molecule has 2 N–H and O–H groups in total. The lowest BCUT2D eigenvalue weighted by Gasteiger charge is -2.37. The number of carbonyl (C=O) groups is 1. The van der Waals surface area contributed by atoms with Crippen molar-refractivity contribution in [1.29, 1.82) is 5.26 Å². The van der Waals surface area contributed by atoms with E-state index in [0.29, 0.717) is 17.7 Å². The smallest absolute Gasteiger partial charge is 0.310 e. The minimum atomic E-state index is -3.74. The van der Waals surface area contributed by atoms with Gasteiger partial charge in [0.15, 0.2) is 0 Å². The van der Waals surface area contributed by atoms with Crippen molar-refractivity contribution >= 4 is 27.3 Å². The molecule has 1 aromatic rings. The maximum atomic E-state index is 12.0. The van der Waals surface area contributed by atoms with Crippen molar-refractivity contribution in [2.45, 2.75) is 23.5 Å². The molecule has 0 unspecified atom stereocenters. The van der Waals surface area contributed by atoms with Crippen LogP contribution >= 0.6 is 11.3 Å². The molecule has 1 fully saturated rings. The zero-order valence-electron chi connectivity index (χ0n) is 9.92. The summed E-state index contributed by atoms with van der Waals surface area (Å²) in [5.74, 6) is -0.967. The summed E-state index contributed by atoms with van der Waals surface area (Å²) in [5, 5.41) is 17.8. The van der Waals surface area contributed by atoms with E-state index < -0.39 is 21.4 Å². The topological polar surface area (TPSA) is 107 Å². The second kappa shape index (κ2) is 4.92. The number of nitrogens with zero attached hydrogens (tertiary/aromatic N) is 1. The predicted molar refractivity (Wildman–Crippen MR) is 68.1 cm³/mol. The largest absolute Gasteiger partial charge is 0.481 e. The first-order valence-corrected chi connectivity index (χ1v) is 7.93. The van der Waals surface area contributed by atoms with E-state index in [2.05, 4.69) is 4.72 Å². The summed E-state index contributed by atoms with van der Waals surface area (Å²) in [6.07, 6.45) is 1.77. The maximum Gasteiger partial charge on any atom is 0.310 e. The van der Waals surface area contributed by atoms with Gasteiger partial charge < -0.3 is 5.11 Å². The van der Waals surface area contributed by atoms with E-state index in [-0.39, 0.29) is 10.8 Å². The molecule has 0 atom stereocenters. The molecule has 1 aliphatic carbocycles. The van der Waals surface area contributed by atoms with Crippen LogP contribution in [0.2, 0.25) is 0 Å². The van der Waals surface area contributed by atoms with Crippen LogP contribution in [0.15, 0.2) is 16.3 Å². The zero-order chi connectivity index (χ0) is 14.1. The quantitative estimate of drug-likeness (QED) is 0.848. The van der Waals surface area contributed by atoms with Crippen molar-refractivity contribution in [3.05, 3.63) is 17.0 Å². The van der Waals surface area contributed by atoms with Crippen molar-refractivity contribution in [2.24, 2.45) is 5.41 Å². The number of sulfonamides is 1. The molecular formula is C11H12N2O4S2. The van der Waals surface area contributed by atoms with E-state index >= 15 is 0 Å². The predicted octanol–water partition coefficient (Wildman–Crippen LogP) is 1.15. The lowest BCUT2D eigenvalue weighted by molar-refractivity contribution is -0.153. The van der Waals surface area contributed by atoms with E-state index in [1.54, 1.807) is 0 Å². The first-order valence-electron chi connectivity index (χ1n) is 5.63. The molecule has 8 heteroatoms. The fourth-order valence-corrected chi connectivity index (χ4v) is 4.17. The first kappa shape index (κ1) is 14.0. The van der Waals surface area contributed by atoms with Crippen LogP contribution in [-0.4, -0.2) is 26.0 Å². The van der Waals surface area contributed by atoms with Crippen LogP contribution in [0.1, 0.15) is 24.1 Å². The second-order valence-corrected chi connectivity index (χ2v) is 7.57. The molecule has 1 aliphatic rings. The number of aliphatic carboxylic acids is 1. The van der Waals surface area contributed by atoms with Gasteiger partial charge in [-0.2, -0.15) is 5.26 Å². The number of rotatable bonds is 5. The Morgan fingerprint density at radius 3 is 2.63 bits per heavy atom. The van der Waals surface area contributed by atoms with Crippen LogP contribution < -0.4 is 4.72 Å². The highest BCUT2D eigenvalue weighted by Gasteiger charge is 2.45. The molecule has 1 aromatic heterocycles. The number of thiophene rings is 1. The molecule has 102 valence electrons. The lowest BCUT2D eigenvalue weighted by atomic mass is 9.69. The maximum absolute atomic E-state index is 12.0. The Labute approximate surface area is 114 Å². The van der Waals surface area contributed by atoms with Crippen molar-refractivity contribution in [3.8, 4) is 6.07 Å². The summed E-state index contributed by atoms with van der Waals surface area (Å²) in [4.78, 5) is 11.4. The average molecular weight is 300 g/mol. The third kappa shape index (κ3) is 2.63. The molecule has 0 amide bonds. The van der Waals surface area contributed by atoms with Gasteiger partial charge in [-0.05, 0) is 25.0 Å². The van der Waals surface area contributed by atoms with Crippen molar-refractivity contribution in [1.82, 2.24) is 4.72 Å². The van der Waals surface area contributed by atoms with Crippen LogP contribution in [0.5, 0.6) is 0 Å². The summed E-state index contributed by atoms with van der Waals surface area (Å²) >= 11 is 0.865. The van der Waals surface area contributed by atoms with E-state index in [1.165, 1.54) is 12.1 Å². The Kier molecular flexibility index (Phi) is 3.62. The number of hydrogen-bond acceptors (Lipinski definition) is 5. The molecule has 19 heavy (non-hydrogen) atoms. The average Bonchev–Trinajstić information content (AvgIpc) is 2.76. The van der Waals surface area contributed by atoms with Gasteiger partial charge in [-0.3, -0.25) is 4.79 Å². The van der Waals surface area contributed by atoms with E-state index in [1.807, 2.05) is 6.07 Å². The summed E-state index contributed by atoms with van der Waals surface area (Å²) in [5.41, 5.74) is -0.970. The molecule has 1 saturated carbocycles. The van der Waals surface area contributed by atoms with E-state index in [0.717, 1.165) is 17.8 Å². The minimum Gasteiger partial charge on any atom is -0.481 e. The molecule has 0 spiro atoms. The van der Waals surface area contributed by atoms with Gasteiger partial charge in [-0.1, -0.05) is 6.42 Å². The van der Waals surface area contributed by atoms with E-state index in [9.17, 15) is 13.2 Å². The normalized spacial score (nSPS) is 17.4. The van der Waals surface area contributed by atoms with Crippen molar-refractivity contribution < 1.29 is 18.3 Å². The van der Waals surface area contributed by atoms with Gasteiger partial charge in [0.25, 0.3) is 0 Å². The number of carboxylic acid groups (broad SMARTS) is 1. The van der Waals surface area contributed by atoms with Gasteiger partial charge in [0.05, 0.1) is 5.41 Å². The van der Waals surface area contributed by atoms with Gasteiger partial charge in [0, 0.05) is 6.54 Å². The fourth-order valence-electron chi connectivity index (χ4n) is 1.90. The van der Waals surface area contributed by atoms with Gasteiger partial charge in [0.2, 0.25) is 10.0 Å². The second-order valence-electron chi connectivity index (χ2n) is 4.49. The number of nitrogens with one attached hydrogen (secondary N) is 1. The van der Waals surface area contributed by atoms with Gasteiger partial charge in [-0.15, -0.1) is 11.3 Å². The molecule has 0 aromatic carbocycles. The summed E-state index contributed by atoms with van der Waals surface area (Å²) in [6, 6.07) is 4.64. The van der Waals surface area contributed by atoms with E-state index in [4.69, 9.17) is 10.4 Å². The Hall–Kier alpha value is -1.43. The fraction of sp³-hybridized carbons (Fsp3) is 0.455. The molecule has 2 rings (SSSR count). The van der Waals surface area contributed by atoms with Gasteiger partial charge >= 0.3 is 5.97 Å².